The number of hydrogen-bond acceptors (Lipinski definition) is 3. The number of ether oxygens (including phenoxy) is 1. The summed E-state index contributed by atoms with van der Waals surface area (Å²) in [7, 11) is 0. The number of benzene rings is 1. The minimum atomic E-state index is 0.453. The van der Waals surface area contributed by atoms with E-state index >= 15 is 0 Å². The van der Waals surface area contributed by atoms with Crippen molar-refractivity contribution in [2.75, 3.05) is 0 Å². The third-order valence-electron chi connectivity index (χ3n) is 3.14. The number of nitrogens with one attached hydrogen (secondary N) is 1. The minimum Gasteiger partial charge on any atom is -0.485 e. The molecule has 5 heteroatoms. The van der Waals surface area contributed by atoms with Crippen molar-refractivity contribution in [1.29, 1.82) is 0 Å². The molecule has 1 heterocycles. The molecule has 1 aromatic carbocycles. The van der Waals surface area contributed by atoms with Crippen LogP contribution in [0.5, 0.6) is 5.75 Å². The largest absolute Gasteiger partial charge is 0.485 e. The predicted octanol–water partition coefficient (Wildman–Crippen LogP) is 3.16. The Morgan fingerprint density at radius 1 is 1.44 bits per heavy atom. The van der Waals surface area contributed by atoms with Gasteiger partial charge in [0.1, 0.15) is 12.4 Å². The Hall–Kier alpha value is -1.62. The molecule has 0 amide bonds. The van der Waals surface area contributed by atoms with Crippen LogP contribution < -0.4 is 4.74 Å². The summed E-state index contributed by atoms with van der Waals surface area (Å²) >= 11 is 5.24. The molecule has 0 unspecified atom stereocenters. The van der Waals surface area contributed by atoms with Crippen molar-refractivity contribution in [1.82, 2.24) is 14.8 Å². The van der Waals surface area contributed by atoms with E-state index in [-0.39, 0.29) is 0 Å². The molecular formula is C13H15N3OS. The quantitative estimate of drug-likeness (QED) is 0.860. The summed E-state index contributed by atoms with van der Waals surface area (Å²) in [5.74, 6) is 1.78. The summed E-state index contributed by atoms with van der Waals surface area (Å²) in [6.07, 6.45) is 2.37. The zero-order chi connectivity index (χ0) is 12.5. The van der Waals surface area contributed by atoms with Crippen molar-refractivity contribution in [2.24, 2.45) is 0 Å². The van der Waals surface area contributed by atoms with E-state index in [9.17, 15) is 0 Å². The molecule has 0 spiro atoms. The first-order valence-corrected chi connectivity index (χ1v) is 6.51. The summed E-state index contributed by atoms with van der Waals surface area (Å²) in [5, 5.41) is 7.09. The SMILES string of the molecule is Cc1ccccc1OCc1n[nH]c(=S)n1C1CC1. The average molecular weight is 261 g/mol. The van der Waals surface area contributed by atoms with E-state index < -0.39 is 0 Å². The molecule has 1 fully saturated rings. The van der Waals surface area contributed by atoms with E-state index in [4.69, 9.17) is 17.0 Å². The summed E-state index contributed by atoms with van der Waals surface area (Å²) < 4.78 is 8.58. The zero-order valence-electron chi connectivity index (χ0n) is 10.2. The van der Waals surface area contributed by atoms with Gasteiger partial charge in [0.2, 0.25) is 0 Å². The van der Waals surface area contributed by atoms with Gasteiger partial charge in [0.05, 0.1) is 0 Å². The van der Waals surface area contributed by atoms with Crippen LogP contribution in [0.1, 0.15) is 30.3 Å². The molecule has 0 radical (unpaired) electrons. The summed E-state index contributed by atoms with van der Waals surface area (Å²) in [5.41, 5.74) is 1.13. The lowest BCUT2D eigenvalue weighted by atomic mass is 10.2. The van der Waals surface area contributed by atoms with Crippen molar-refractivity contribution in [3.8, 4) is 5.75 Å². The highest BCUT2D eigenvalue weighted by Gasteiger charge is 2.27. The minimum absolute atomic E-state index is 0.453. The fraction of sp³-hybridized carbons (Fsp3) is 0.385. The lowest BCUT2D eigenvalue weighted by Gasteiger charge is -2.09. The van der Waals surface area contributed by atoms with Crippen LogP contribution in [0.3, 0.4) is 0 Å². The van der Waals surface area contributed by atoms with Crippen LogP contribution in [0.2, 0.25) is 0 Å². The van der Waals surface area contributed by atoms with Gasteiger partial charge in [0.25, 0.3) is 0 Å². The molecular weight excluding hydrogens is 246 g/mol. The Morgan fingerprint density at radius 3 is 2.94 bits per heavy atom. The molecule has 0 bridgehead atoms. The van der Waals surface area contributed by atoms with E-state index in [0.29, 0.717) is 17.4 Å². The lowest BCUT2D eigenvalue weighted by Crippen LogP contribution is -2.06. The van der Waals surface area contributed by atoms with Crippen molar-refractivity contribution < 1.29 is 4.74 Å². The molecule has 94 valence electrons. The molecule has 18 heavy (non-hydrogen) atoms. The van der Waals surface area contributed by atoms with Crippen LogP contribution >= 0.6 is 12.2 Å². The molecule has 2 aromatic rings. The third kappa shape index (κ3) is 2.18. The maximum atomic E-state index is 5.81. The molecule has 1 saturated carbocycles. The fourth-order valence-corrected chi connectivity index (χ4v) is 2.31. The van der Waals surface area contributed by atoms with Crippen molar-refractivity contribution >= 4 is 12.2 Å². The van der Waals surface area contributed by atoms with Crippen LogP contribution in [-0.2, 0) is 6.61 Å². The number of hydrogen-bond donors (Lipinski definition) is 1. The summed E-state index contributed by atoms with van der Waals surface area (Å²) in [6.45, 7) is 2.49. The second kappa shape index (κ2) is 4.57. The van der Waals surface area contributed by atoms with Crippen molar-refractivity contribution in [2.45, 2.75) is 32.4 Å². The molecule has 1 aliphatic rings. The van der Waals surface area contributed by atoms with Gasteiger partial charge in [-0.3, -0.25) is 9.67 Å². The molecule has 4 nitrogen and oxygen atoms in total. The van der Waals surface area contributed by atoms with E-state index in [2.05, 4.69) is 14.8 Å². The average Bonchev–Trinajstić information content (AvgIpc) is 3.13. The van der Waals surface area contributed by atoms with E-state index in [1.807, 2.05) is 31.2 Å². The molecule has 3 rings (SSSR count). The second-order valence-corrected chi connectivity index (χ2v) is 4.99. The number of nitrogens with zero attached hydrogens (tertiary/aromatic N) is 2. The maximum absolute atomic E-state index is 5.81. The van der Waals surface area contributed by atoms with Gasteiger partial charge < -0.3 is 4.74 Å². The topological polar surface area (TPSA) is 42.8 Å². The van der Waals surface area contributed by atoms with Crippen LogP contribution in [0.15, 0.2) is 24.3 Å². The Balaban J connectivity index is 1.78. The van der Waals surface area contributed by atoms with Gasteiger partial charge in [-0.1, -0.05) is 18.2 Å². The second-order valence-electron chi connectivity index (χ2n) is 4.60. The van der Waals surface area contributed by atoms with Crippen LogP contribution in [0.25, 0.3) is 0 Å². The Labute approximate surface area is 111 Å². The van der Waals surface area contributed by atoms with Gasteiger partial charge in [-0.15, -0.1) is 0 Å². The van der Waals surface area contributed by atoms with Gasteiger partial charge in [0, 0.05) is 6.04 Å². The third-order valence-corrected chi connectivity index (χ3v) is 3.43. The smallest absolute Gasteiger partial charge is 0.195 e. The number of H-pyrrole nitrogens is 1. The van der Waals surface area contributed by atoms with Crippen molar-refractivity contribution in [3.05, 3.63) is 40.4 Å². The molecule has 0 saturated heterocycles. The van der Waals surface area contributed by atoms with Gasteiger partial charge in [-0.05, 0) is 43.6 Å². The van der Waals surface area contributed by atoms with Gasteiger partial charge >= 0.3 is 0 Å². The summed E-state index contributed by atoms with van der Waals surface area (Å²) in [6, 6.07) is 8.50. The molecule has 1 N–H and O–H groups in total. The number of aromatic amines is 1. The number of aromatic nitrogens is 3. The Kier molecular flexibility index (Phi) is 2.91. The number of aryl methyl sites for hydroxylation is 1. The van der Waals surface area contributed by atoms with Crippen molar-refractivity contribution in [3.63, 3.8) is 0 Å². The highest BCUT2D eigenvalue weighted by atomic mass is 32.1. The van der Waals surface area contributed by atoms with Crippen LogP contribution in [0, 0.1) is 11.7 Å². The Bertz CT molecular complexity index is 613. The summed E-state index contributed by atoms with van der Waals surface area (Å²) in [4.78, 5) is 0. The van der Waals surface area contributed by atoms with Gasteiger partial charge in [-0.2, -0.15) is 5.10 Å². The van der Waals surface area contributed by atoms with E-state index in [1.165, 1.54) is 12.8 Å². The molecule has 1 aliphatic carbocycles. The number of para-hydroxylation sites is 1. The van der Waals surface area contributed by atoms with Crippen LogP contribution in [-0.4, -0.2) is 14.8 Å². The molecule has 0 aliphatic heterocycles. The first-order valence-electron chi connectivity index (χ1n) is 6.10. The first-order chi connectivity index (χ1) is 8.75. The number of rotatable bonds is 4. The standard InChI is InChI=1S/C13H15N3OS/c1-9-4-2-3-5-11(9)17-8-12-14-15-13(18)16(12)10-6-7-10/h2-5,10H,6-8H2,1H3,(H,15,18). The van der Waals surface area contributed by atoms with E-state index in [0.717, 1.165) is 17.1 Å². The molecule has 0 atom stereocenters. The Morgan fingerprint density at radius 2 is 2.22 bits per heavy atom. The molecule has 1 aromatic heterocycles. The van der Waals surface area contributed by atoms with Gasteiger partial charge in [0.15, 0.2) is 10.6 Å². The first kappa shape index (κ1) is 11.5. The predicted molar refractivity (Wildman–Crippen MR) is 71.2 cm³/mol. The maximum Gasteiger partial charge on any atom is 0.195 e. The lowest BCUT2D eigenvalue weighted by molar-refractivity contribution is 0.287. The zero-order valence-corrected chi connectivity index (χ0v) is 11.0. The fourth-order valence-electron chi connectivity index (χ4n) is 2.01. The highest BCUT2D eigenvalue weighted by molar-refractivity contribution is 7.71. The van der Waals surface area contributed by atoms with Gasteiger partial charge in [-0.25, -0.2) is 0 Å². The highest BCUT2D eigenvalue weighted by Crippen LogP contribution is 2.35. The normalized spacial score (nSPS) is 14.7. The van der Waals surface area contributed by atoms with Crippen LogP contribution in [0.4, 0.5) is 0 Å². The van der Waals surface area contributed by atoms with E-state index in [1.54, 1.807) is 0 Å². The monoisotopic (exact) mass is 261 g/mol.